The van der Waals surface area contributed by atoms with Crippen molar-refractivity contribution in [2.45, 2.75) is 6.55 Å². The average molecular weight is 144 g/mol. The van der Waals surface area contributed by atoms with Gasteiger partial charge in [0.1, 0.15) is 0 Å². The summed E-state index contributed by atoms with van der Waals surface area (Å²) in [7, 11) is -0.245. The SMILES string of the molecule is C[SiH2]Oc1cccs1. The van der Waals surface area contributed by atoms with Crippen LogP contribution in [0.1, 0.15) is 0 Å². The van der Waals surface area contributed by atoms with E-state index in [1.165, 1.54) is 0 Å². The zero-order valence-corrected chi connectivity index (χ0v) is 6.99. The zero-order chi connectivity index (χ0) is 5.82. The van der Waals surface area contributed by atoms with Crippen molar-refractivity contribution in [1.29, 1.82) is 0 Å². The van der Waals surface area contributed by atoms with Crippen LogP contribution in [0.15, 0.2) is 17.5 Å². The molecule has 0 aliphatic rings. The van der Waals surface area contributed by atoms with Gasteiger partial charge in [-0.1, -0.05) is 0 Å². The highest BCUT2D eigenvalue weighted by Gasteiger charge is 1.86. The molecule has 0 aliphatic carbocycles. The van der Waals surface area contributed by atoms with Crippen molar-refractivity contribution in [3.05, 3.63) is 17.5 Å². The summed E-state index contributed by atoms with van der Waals surface area (Å²) in [5.74, 6) is 0. The van der Waals surface area contributed by atoms with Crippen LogP contribution in [0.3, 0.4) is 0 Å². The van der Waals surface area contributed by atoms with Gasteiger partial charge in [0.05, 0.1) is 0 Å². The Bertz CT molecular complexity index is 138. The Kier molecular flexibility index (Phi) is 2.11. The topological polar surface area (TPSA) is 9.23 Å². The third-order valence-electron chi connectivity index (χ3n) is 0.782. The molecule has 1 aromatic rings. The number of hydrogen-bond acceptors (Lipinski definition) is 2. The minimum atomic E-state index is -0.245. The van der Waals surface area contributed by atoms with Crippen LogP contribution in [-0.2, 0) is 0 Å². The second-order valence-corrected chi connectivity index (χ2v) is 3.14. The summed E-state index contributed by atoms with van der Waals surface area (Å²) in [6, 6.07) is 4.01. The van der Waals surface area contributed by atoms with Gasteiger partial charge in [-0.3, -0.25) is 0 Å². The van der Waals surface area contributed by atoms with Crippen molar-refractivity contribution in [2.24, 2.45) is 0 Å². The zero-order valence-electron chi connectivity index (χ0n) is 4.76. The van der Waals surface area contributed by atoms with E-state index in [0.717, 1.165) is 5.06 Å². The lowest BCUT2D eigenvalue weighted by atomic mass is 10.7. The first-order valence-electron chi connectivity index (χ1n) is 2.60. The molecule has 0 aliphatic heterocycles. The Labute approximate surface area is 55.2 Å². The standard InChI is InChI=1S/C5H8OSSi/c1-8-6-5-3-2-4-7-5/h2-4H,8H2,1H3. The highest BCUT2D eigenvalue weighted by atomic mass is 32.1. The summed E-state index contributed by atoms with van der Waals surface area (Å²) in [6.07, 6.45) is 0. The Morgan fingerprint density at radius 3 is 3.12 bits per heavy atom. The third-order valence-corrected chi connectivity index (χ3v) is 2.37. The minimum Gasteiger partial charge on any atom is -0.543 e. The molecule has 1 nitrogen and oxygen atoms in total. The van der Waals surface area contributed by atoms with Crippen LogP contribution in [-0.4, -0.2) is 9.76 Å². The van der Waals surface area contributed by atoms with Crippen molar-refractivity contribution in [1.82, 2.24) is 0 Å². The highest BCUT2D eigenvalue weighted by molar-refractivity contribution is 7.12. The van der Waals surface area contributed by atoms with E-state index in [2.05, 4.69) is 6.55 Å². The van der Waals surface area contributed by atoms with Gasteiger partial charge in [0.2, 0.25) is 9.76 Å². The molecule has 0 unspecified atom stereocenters. The molecule has 1 heterocycles. The molecule has 44 valence electrons. The predicted octanol–water partition coefficient (Wildman–Crippen LogP) is 1.26. The summed E-state index contributed by atoms with van der Waals surface area (Å²) in [5, 5.41) is 3.10. The first-order chi connectivity index (χ1) is 3.93. The summed E-state index contributed by atoms with van der Waals surface area (Å²) >= 11 is 1.66. The molecule has 0 spiro atoms. The van der Waals surface area contributed by atoms with Crippen LogP contribution in [0, 0.1) is 0 Å². The molecule has 0 saturated heterocycles. The largest absolute Gasteiger partial charge is 0.543 e. The quantitative estimate of drug-likeness (QED) is 0.568. The van der Waals surface area contributed by atoms with E-state index in [-0.39, 0.29) is 9.76 Å². The fraction of sp³-hybridized carbons (Fsp3) is 0.200. The van der Waals surface area contributed by atoms with E-state index in [0.29, 0.717) is 0 Å². The van der Waals surface area contributed by atoms with Crippen molar-refractivity contribution < 1.29 is 4.43 Å². The van der Waals surface area contributed by atoms with Crippen LogP contribution < -0.4 is 4.43 Å². The molecule has 0 bridgehead atoms. The predicted molar refractivity (Wildman–Crippen MR) is 39.4 cm³/mol. The van der Waals surface area contributed by atoms with Gasteiger partial charge in [0.25, 0.3) is 0 Å². The van der Waals surface area contributed by atoms with Crippen molar-refractivity contribution >= 4 is 21.1 Å². The number of rotatable bonds is 2. The molecular formula is C5H8OSSi. The van der Waals surface area contributed by atoms with Crippen LogP contribution in [0.2, 0.25) is 6.55 Å². The minimum absolute atomic E-state index is 0.245. The molecule has 0 amide bonds. The van der Waals surface area contributed by atoms with Gasteiger partial charge >= 0.3 is 0 Å². The molecule has 0 N–H and O–H groups in total. The summed E-state index contributed by atoms with van der Waals surface area (Å²) in [4.78, 5) is 0. The molecule has 0 fully saturated rings. The normalized spacial score (nSPS) is 10.6. The van der Waals surface area contributed by atoms with Crippen LogP contribution in [0.25, 0.3) is 0 Å². The second-order valence-electron chi connectivity index (χ2n) is 1.37. The number of thiophene rings is 1. The van der Waals surface area contributed by atoms with Gasteiger partial charge in [-0.15, -0.1) is 11.3 Å². The summed E-state index contributed by atoms with van der Waals surface area (Å²) in [6.45, 7) is 2.12. The lowest BCUT2D eigenvalue weighted by Crippen LogP contribution is -1.91. The van der Waals surface area contributed by atoms with E-state index in [1.807, 2.05) is 17.5 Å². The molecule has 3 heteroatoms. The van der Waals surface area contributed by atoms with Crippen LogP contribution in [0.5, 0.6) is 5.06 Å². The maximum Gasteiger partial charge on any atom is 0.217 e. The van der Waals surface area contributed by atoms with Crippen molar-refractivity contribution in [3.63, 3.8) is 0 Å². The van der Waals surface area contributed by atoms with Gasteiger partial charge in [-0.2, -0.15) is 0 Å². The fourth-order valence-electron chi connectivity index (χ4n) is 0.488. The molecule has 1 aromatic heterocycles. The smallest absolute Gasteiger partial charge is 0.217 e. The first kappa shape index (κ1) is 5.85. The van der Waals surface area contributed by atoms with Crippen molar-refractivity contribution in [2.75, 3.05) is 0 Å². The van der Waals surface area contributed by atoms with Gasteiger partial charge in [0.15, 0.2) is 5.06 Å². The molecule has 0 aromatic carbocycles. The monoisotopic (exact) mass is 144 g/mol. The molecule has 0 atom stereocenters. The van der Waals surface area contributed by atoms with E-state index >= 15 is 0 Å². The first-order valence-corrected chi connectivity index (χ1v) is 5.47. The van der Waals surface area contributed by atoms with Gasteiger partial charge < -0.3 is 4.43 Å². The van der Waals surface area contributed by atoms with Crippen LogP contribution >= 0.6 is 11.3 Å². The second kappa shape index (κ2) is 2.89. The Balaban J connectivity index is 2.50. The molecular weight excluding hydrogens is 136 g/mol. The highest BCUT2D eigenvalue weighted by Crippen LogP contribution is 2.16. The van der Waals surface area contributed by atoms with Crippen molar-refractivity contribution in [3.8, 4) is 5.06 Å². The number of hydrogen-bond donors (Lipinski definition) is 0. The Morgan fingerprint density at radius 1 is 1.75 bits per heavy atom. The maximum absolute atomic E-state index is 5.30. The van der Waals surface area contributed by atoms with Gasteiger partial charge in [0, 0.05) is 0 Å². The van der Waals surface area contributed by atoms with Gasteiger partial charge in [-0.05, 0) is 24.1 Å². The van der Waals surface area contributed by atoms with Crippen LogP contribution in [0.4, 0.5) is 0 Å². The summed E-state index contributed by atoms with van der Waals surface area (Å²) < 4.78 is 5.30. The van der Waals surface area contributed by atoms with E-state index in [4.69, 9.17) is 4.43 Å². The molecule has 0 radical (unpaired) electrons. The third kappa shape index (κ3) is 1.35. The average Bonchev–Trinajstić information content (AvgIpc) is 2.19. The fourth-order valence-corrected chi connectivity index (χ4v) is 1.94. The van der Waals surface area contributed by atoms with Gasteiger partial charge in [-0.25, -0.2) is 0 Å². The Hall–Kier alpha value is -0.283. The molecule has 8 heavy (non-hydrogen) atoms. The molecule has 1 rings (SSSR count). The Morgan fingerprint density at radius 2 is 2.62 bits per heavy atom. The lowest BCUT2D eigenvalue weighted by molar-refractivity contribution is 0.618. The summed E-state index contributed by atoms with van der Waals surface area (Å²) in [5.41, 5.74) is 0. The molecule has 0 saturated carbocycles. The van der Waals surface area contributed by atoms with E-state index < -0.39 is 0 Å². The van der Waals surface area contributed by atoms with E-state index in [1.54, 1.807) is 11.3 Å². The lowest BCUT2D eigenvalue weighted by Gasteiger charge is -1.94. The van der Waals surface area contributed by atoms with E-state index in [9.17, 15) is 0 Å². The maximum atomic E-state index is 5.30.